The van der Waals surface area contributed by atoms with Gasteiger partial charge >= 0.3 is 6.18 Å². The molecule has 1 unspecified atom stereocenters. The number of halogens is 3. The van der Waals surface area contributed by atoms with Crippen molar-refractivity contribution in [2.75, 3.05) is 7.11 Å². The predicted molar refractivity (Wildman–Crippen MR) is 64.9 cm³/mol. The minimum Gasteiger partial charge on any atom is -0.499 e. The molecule has 0 bridgehead atoms. The lowest BCUT2D eigenvalue weighted by atomic mass is 10.1. The van der Waals surface area contributed by atoms with Gasteiger partial charge in [-0.2, -0.15) is 13.2 Å². The Balaban J connectivity index is 2.16. The molecule has 0 radical (unpaired) electrons. The van der Waals surface area contributed by atoms with Crippen LogP contribution in [0.2, 0.25) is 0 Å². The number of ether oxygens (including phenoxy) is 1. The Kier molecular flexibility index (Phi) is 3.80. The molecular formula is C13H15F3N2O. The van der Waals surface area contributed by atoms with E-state index in [1.807, 2.05) is 0 Å². The number of pyridine rings is 1. The Morgan fingerprint density at radius 2 is 2.16 bits per heavy atom. The molecule has 1 atom stereocenters. The van der Waals surface area contributed by atoms with Crippen molar-refractivity contribution in [3.63, 3.8) is 0 Å². The van der Waals surface area contributed by atoms with E-state index in [1.54, 1.807) is 6.08 Å². The minimum atomic E-state index is -4.37. The number of alkyl halides is 3. The molecule has 1 heterocycles. The van der Waals surface area contributed by atoms with Gasteiger partial charge in [-0.25, -0.2) is 0 Å². The van der Waals surface area contributed by atoms with Gasteiger partial charge < -0.3 is 10.5 Å². The molecule has 2 rings (SSSR count). The highest BCUT2D eigenvalue weighted by molar-refractivity contribution is 5.49. The van der Waals surface area contributed by atoms with Crippen molar-refractivity contribution in [2.45, 2.75) is 25.1 Å². The third-order valence-corrected chi connectivity index (χ3v) is 3.10. The fraction of sp³-hybridized carbons (Fsp3) is 0.462. The number of nitrogens with two attached hydrogens (primary N) is 1. The molecule has 0 amide bonds. The maximum atomic E-state index is 12.4. The number of methoxy groups -OCH3 is 1. The van der Waals surface area contributed by atoms with Gasteiger partial charge in [-0.3, -0.25) is 4.98 Å². The van der Waals surface area contributed by atoms with Crippen molar-refractivity contribution in [1.29, 1.82) is 0 Å². The highest BCUT2D eigenvalue weighted by Gasteiger charge is 2.32. The van der Waals surface area contributed by atoms with Gasteiger partial charge in [0.15, 0.2) is 0 Å². The molecule has 3 nitrogen and oxygen atoms in total. The van der Waals surface area contributed by atoms with Gasteiger partial charge in [0.1, 0.15) is 5.76 Å². The van der Waals surface area contributed by atoms with E-state index in [4.69, 9.17) is 10.5 Å². The SMILES string of the molecule is CO/C(=C/c1ccc(C(F)(F)F)cn1)C(N)C1CC1. The summed E-state index contributed by atoms with van der Waals surface area (Å²) in [5.41, 5.74) is 5.61. The fourth-order valence-corrected chi connectivity index (χ4v) is 1.78. The molecule has 104 valence electrons. The van der Waals surface area contributed by atoms with Crippen LogP contribution in [-0.4, -0.2) is 18.1 Å². The Morgan fingerprint density at radius 3 is 2.58 bits per heavy atom. The molecule has 1 aliphatic carbocycles. The summed E-state index contributed by atoms with van der Waals surface area (Å²) in [6, 6.07) is 2.09. The average Bonchev–Trinajstić information content (AvgIpc) is 3.19. The van der Waals surface area contributed by atoms with Crippen molar-refractivity contribution >= 4 is 6.08 Å². The van der Waals surface area contributed by atoms with E-state index in [9.17, 15) is 13.2 Å². The van der Waals surface area contributed by atoms with Crippen LogP contribution >= 0.6 is 0 Å². The van der Waals surface area contributed by atoms with E-state index in [1.165, 1.54) is 13.2 Å². The zero-order valence-corrected chi connectivity index (χ0v) is 10.4. The molecule has 1 saturated carbocycles. The minimum absolute atomic E-state index is 0.214. The van der Waals surface area contributed by atoms with Crippen LogP contribution in [0.5, 0.6) is 0 Å². The lowest BCUT2D eigenvalue weighted by Crippen LogP contribution is -2.25. The summed E-state index contributed by atoms with van der Waals surface area (Å²) in [5, 5.41) is 0. The van der Waals surface area contributed by atoms with Crippen LogP contribution in [0.15, 0.2) is 24.1 Å². The second-order valence-electron chi connectivity index (χ2n) is 4.58. The number of hydrogen-bond acceptors (Lipinski definition) is 3. The van der Waals surface area contributed by atoms with E-state index >= 15 is 0 Å². The maximum absolute atomic E-state index is 12.4. The summed E-state index contributed by atoms with van der Waals surface area (Å²) in [6.45, 7) is 0. The largest absolute Gasteiger partial charge is 0.499 e. The fourth-order valence-electron chi connectivity index (χ4n) is 1.78. The first-order valence-corrected chi connectivity index (χ1v) is 5.96. The number of rotatable bonds is 4. The Labute approximate surface area is 109 Å². The lowest BCUT2D eigenvalue weighted by molar-refractivity contribution is -0.137. The topological polar surface area (TPSA) is 48.1 Å². The first-order chi connectivity index (χ1) is 8.91. The molecule has 0 spiro atoms. The summed E-state index contributed by atoms with van der Waals surface area (Å²) in [6.07, 6.45) is 0.138. The highest BCUT2D eigenvalue weighted by atomic mass is 19.4. The molecule has 1 aromatic heterocycles. The summed E-state index contributed by atoms with van der Waals surface area (Å²) in [7, 11) is 1.50. The van der Waals surface area contributed by atoms with Crippen molar-refractivity contribution in [3.05, 3.63) is 35.3 Å². The first kappa shape index (κ1) is 13.9. The van der Waals surface area contributed by atoms with Crippen molar-refractivity contribution in [1.82, 2.24) is 4.98 Å². The van der Waals surface area contributed by atoms with Crippen molar-refractivity contribution < 1.29 is 17.9 Å². The number of nitrogens with zero attached hydrogens (tertiary/aromatic N) is 1. The van der Waals surface area contributed by atoms with Gasteiger partial charge in [-0.15, -0.1) is 0 Å². The first-order valence-electron chi connectivity index (χ1n) is 5.96. The highest BCUT2D eigenvalue weighted by Crippen LogP contribution is 2.35. The van der Waals surface area contributed by atoms with E-state index in [0.717, 1.165) is 25.1 Å². The zero-order chi connectivity index (χ0) is 14.0. The Morgan fingerprint density at radius 1 is 1.47 bits per heavy atom. The van der Waals surface area contributed by atoms with Gasteiger partial charge in [-0.05, 0) is 30.9 Å². The van der Waals surface area contributed by atoms with E-state index in [0.29, 0.717) is 17.4 Å². The molecule has 1 aromatic rings. The third kappa shape index (κ3) is 3.47. The van der Waals surface area contributed by atoms with E-state index in [2.05, 4.69) is 4.98 Å². The van der Waals surface area contributed by atoms with Gasteiger partial charge in [0.2, 0.25) is 0 Å². The van der Waals surface area contributed by atoms with Crippen molar-refractivity contribution in [3.8, 4) is 0 Å². The third-order valence-electron chi connectivity index (χ3n) is 3.10. The van der Waals surface area contributed by atoms with Crippen LogP contribution in [0.3, 0.4) is 0 Å². The summed E-state index contributed by atoms with van der Waals surface area (Å²) in [5.74, 6) is 0.954. The predicted octanol–water partition coefficient (Wildman–Crippen LogP) is 2.83. The molecule has 1 aliphatic rings. The lowest BCUT2D eigenvalue weighted by Gasteiger charge is -2.14. The zero-order valence-electron chi connectivity index (χ0n) is 10.4. The smallest absolute Gasteiger partial charge is 0.417 e. The van der Waals surface area contributed by atoms with Gasteiger partial charge in [-0.1, -0.05) is 0 Å². The van der Waals surface area contributed by atoms with Crippen LogP contribution in [0.1, 0.15) is 24.1 Å². The average molecular weight is 272 g/mol. The maximum Gasteiger partial charge on any atom is 0.417 e. The summed E-state index contributed by atoms with van der Waals surface area (Å²) < 4.78 is 42.4. The molecule has 0 aromatic carbocycles. The van der Waals surface area contributed by atoms with Crippen LogP contribution in [-0.2, 0) is 10.9 Å². The number of aromatic nitrogens is 1. The molecular weight excluding hydrogens is 257 g/mol. The summed E-state index contributed by atoms with van der Waals surface area (Å²) >= 11 is 0. The summed E-state index contributed by atoms with van der Waals surface area (Å²) in [4.78, 5) is 3.76. The molecule has 0 saturated heterocycles. The van der Waals surface area contributed by atoms with Gasteiger partial charge in [0, 0.05) is 12.3 Å². The molecule has 0 aliphatic heterocycles. The van der Waals surface area contributed by atoms with E-state index < -0.39 is 11.7 Å². The van der Waals surface area contributed by atoms with Crippen LogP contribution in [0.4, 0.5) is 13.2 Å². The molecule has 1 fully saturated rings. The second-order valence-corrected chi connectivity index (χ2v) is 4.58. The Hall–Kier alpha value is -1.56. The number of hydrogen-bond donors (Lipinski definition) is 1. The molecule has 19 heavy (non-hydrogen) atoms. The van der Waals surface area contributed by atoms with E-state index in [-0.39, 0.29) is 6.04 Å². The quantitative estimate of drug-likeness (QED) is 0.857. The van der Waals surface area contributed by atoms with Crippen LogP contribution in [0, 0.1) is 5.92 Å². The molecule has 6 heteroatoms. The monoisotopic (exact) mass is 272 g/mol. The second kappa shape index (κ2) is 5.21. The normalized spacial score (nSPS) is 18.3. The van der Waals surface area contributed by atoms with Gasteiger partial charge in [0.05, 0.1) is 24.4 Å². The molecule has 2 N–H and O–H groups in total. The van der Waals surface area contributed by atoms with Crippen LogP contribution in [0.25, 0.3) is 6.08 Å². The standard InChI is InChI=1S/C13H15F3N2O/c1-19-11(12(17)8-2-3-8)6-10-5-4-9(7-18-10)13(14,15)16/h4-8,12H,2-3,17H2,1H3/b11-6+. The Bertz CT molecular complexity index is 464. The van der Waals surface area contributed by atoms with Crippen LogP contribution < -0.4 is 5.73 Å². The van der Waals surface area contributed by atoms with Crippen molar-refractivity contribution in [2.24, 2.45) is 11.7 Å². The van der Waals surface area contributed by atoms with Gasteiger partial charge in [0.25, 0.3) is 0 Å².